The number of hydrogen-bond acceptors (Lipinski definition) is 4. The van der Waals surface area contributed by atoms with E-state index in [2.05, 4.69) is 27.3 Å². The summed E-state index contributed by atoms with van der Waals surface area (Å²) in [5.74, 6) is 0.321. The van der Waals surface area contributed by atoms with Gasteiger partial charge in [0.2, 0.25) is 0 Å². The molecule has 0 bridgehead atoms. The van der Waals surface area contributed by atoms with E-state index in [4.69, 9.17) is 34.8 Å². The molecule has 2 rings (SSSR count). The summed E-state index contributed by atoms with van der Waals surface area (Å²) in [5.41, 5.74) is 1.16. The van der Waals surface area contributed by atoms with Gasteiger partial charge in [-0.15, -0.1) is 11.8 Å². The third-order valence-corrected chi connectivity index (χ3v) is 4.12. The van der Waals surface area contributed by atoms with Crippen LogP contribution in [-0.4, -0.2) is 23.6 Å². The first-order valence-electron chi connectivity index (χ1n) is 6.25. The molecule has 0 fully saturated rings. The van der Waals surface area contributed by atoms with Crippen molar-refractivity contribution in [1.82, 2.24) is 10.3 Å². The van der Waals surface area contributed by atoms with Gasteiger partial charge in [0, 0.05) is 15.6 Å². The summed E-state index contributed by atoms with van der Waals surface area (Å²) in [5, 5.41) is 6.29. The van der Waals surface area contributed by atoms with Crippen LogP contribution in [0, 0.1) is 0 Å². The molecule has 0 atom stereocenters. The van der Waals surface area contributed by atoms with Crippen molar-refractivity contribution >= 4 is 70.7 Å². The molecule has 0 aliphatic rings. The van der Waals surface area contributed by atoms with Gasteiger partial charge < -0.3 is 10.6 Å². The fourth-order valence-corrected chi connectivity index (χ4v) is 3.17. The molecule has 0 radical (unpaired) electrons. The summed E-state index contributed by atoms with van der Waals surface area (Å²) in [6, 6.07) is 7.85. The predicted octanol–water partition coefficient (Wildman–Crippen LogP) is 5.25. The molecule has 0 spiro atoms. The molecule has 0 saturated heterocycles. The molecule has 0 unspecified atom stereocenters. The molecule has 2 aromatic rings. The fourth-order valence-electron chi connectivity index (χ4n) is 1.63. The Hall–Kier alpha value is -1.47. The SMILES string of the molecule is C=Nc1ccc(Cl)cc1SCNC(=O)Nc1cc(Cl)nc(Cl)c1. The summed E-state index contributed by atoms with van der Waals surface area (Å²) < 4.78 is 0. The fraction of sp³-hybridized carbons (Fsp3) is 0.0714. The van der Waals surface area contributed by atoms with Gasteiger partial charge in [-0.05, 0) is 37.0 Å². The van der Waals surface area contributed by atoms with Crippen molar-refractivity contribution < 1.29 is 4.79 Å². The molecule has 2 amide bonds. The highest BCUT2D eigenvalue weighted by Crippen LogP contribution is 2.31. The second kappa shape index (κ2) is 8.40. The van der Waals surface area contributed by atoms with Crippen molar-refractivity contribution in [2.45, 2.75) is 4.90 Å². The number of nitrogens with one attached hydrogen (secondary N) is 2. The van der Waals surface area contributed by atoms with Gasteiger partial charge in [-0.3, -0.25) is 4.99 Å². The smallest absolute Gasteiger partial charge is 0.319 e. The number of anilines is 1. The van der Waals surface area contributed by atoms with Crippen molar-refractivity contribution in [2.24, 2.45) is 4.99 Å². The van der Waals surface area contributed by atoms with Crippen molar-refractivity contribution in [3.8, 4) is 0 Å². The van der Waals surface area contributed by atoms with E-state index < -0.39 is 6.03 Å². The van der Waals surface area contributed by atoms with Gasteiger partial charge in [-0.2, -0.15) is 0 Å². The number of aromatic nitrogens is 1. The van der Waals surface area contributed by atoms with Gasteiger partial charge in [0.25, 0.3) is 0 Å². The minimum atomic E-state index is -0.397. The van der Waals surface area contributed by atoms with Crippen LogP contribution in [-0.2, 0) is 0 Å². The first kappa shape index (κ1) is 17.9. The Morgan fingerprint density at radius 3 is 2.57 bits per heavy atom. The van der Waals surface area contributed by atoms with Gasteiger partial charge in [0.15, 0.2) is 0 Å². The van der Waals surface area contributed by atoms with E-state index in [1.54, 1.807) is 18.2 Å². The highest BCUT2D eigenvalue weighted by molar-refractivity contribution is 7.99. The number of benzene rings is 1. The zero-order valence-corrected chi connectivity index (χ0v) is 14.7. The first-order valence-corrected chi connectivity index (χ1v) is 8.37. The number of carbonyl (C=O) groups is 1. The lowest BCUT2D eigenvalue weighted by Crippen LogP contribution is -2.28. The van der Waals surface area contributed by atoms with E-state index in [1.165, 1.54) is 23.9 Å². The van der Waals surface area contributed by atoms with Crippen LogP contribution in [0.5, 0.6) is 0 Å². The van der Waals surface area contributed by atoms with E-state index >= 15 is 0 Å². The third kappa shape index (κ3) is 5.58. The van der Waals surface area contributed by atoms with Gasteiger partial charge in [-0.1, -0.05) is 34.8 Å². The number of hydrogen-bond donors (Lipinski definition) is 2. The average Bonchev–Trinajstić information content (AvgIpc) is 2.46. The van der Waals surface area contributed by atoms with E-state index in [1.807, 2.05) is 0 Å². The number of nitrogens with zero attached hydrogens (tertiary/aromatic N) is 2. The van der Waals surface area contributed by atoms with Crippen LogP contribution < -0.4 is 10.6 Å². The highest BCUT2D eigenvalue weighted by Gasteiger charge is 2.06. The molecule has 2 N–H and O–H groups in total. The molecule has 0 aliphatic heterocycles. The Morgan fingerprint density at radius 2 is 1.91 bits per heavy atom. The van der Waals surface area contributed by atoms with Crippen molar-refractivity contribution in [3.63, 3.8) is 0 Å². The molecule has 9 heteroatoms. The molecule has 0 saturated carbocycles. The van der Waals surface area contributed by atoms with Crippen LogP contribution in [0.2, 0.25) is 15.3 Å². The van der Waals surface area contributed by atoms with Crippen LogP contribution in [0.4, 0.5) is 16.2 Å². The number of aliphatic imine (C=N–C) groups is 1. The van der Waals surface area contributed by atoms with Crippen LogP contribution in [0.1, 0.15) is 0 Å². The number of pyridine rings is 1. The lowest BCUT2D eigenvalue weighted by molar-refractivity contribution is 0.253. The zero-order chi connectivity index (χ0) is 16.8. The average molecular weight is 390 g/mol. The molecule has 0 aliphatic carbocycles. The van der Waals surface area contributed by atoms with Gasteiger partial charge >= 0.3 is 6.03 Å². The topological polar surface area (TPSA) is 66.4 Å². The Balaban J connectivity index is 1.90. The van der Waals surface area contributed by atoms with Crippen LogP contribution in [0.25, 0.3) is 0 Å². The molecule has 5 nitrogen and oxygen atoms in total. The summed E-state index contributed by atoms with van der Waals surface area (Å²) in [6.07, 6.45) is 0. The van der Waals surface area contributed by atoms with Crippen molar-refractivity contribution in [1.29, 1.82) is 0 Å². The number of urea groups is 1. The molecular formula is C14H11Cl3N4OS. The minimum Gasteiger partial charge on any atom is -0.328 e. The number of rotatable bonds is 5. The van der Waals surface area contributed by atoms with Crippen LogP contribution in [0.15, 0.2) is 40.2 Å². The molecule has 1 heterocycles. The summed E-state index contributed by atoms with van der Waals surface area (Å²) >= 11 is 18.9. The summed E-state index contributed by atoms with van der Waals surface area (Å²) in [6.45, 7) is 3.50. The summed E-state index contributed by atoms with van der Waals surface area (Å²) in [7, 11) is 0. The largest absolute Gasteiger partial charge is 0.328 e. The maximum absolute atomic E-state index is 11.8. The molecule has 1 aromatic carbocycles. The zero-order valence-electron chi connectivity index (χ0n) is 11.6. The number of carbonyl (C=O) groups excluding carboxylic acids is 1. The van der Waals surface area contributed by atoms with Gasteiger partial charge in [0.1, 0.15) is 10.3 Å². The van der Waals surface area contributed by atoms with E-state index in [-0.39, 0.29) is 10.3 Å². The molecule has 23 heavy (non-hydrogen) atoms. The standard InChI is InChI=1S/C14H11Cl3N4OS/c1-18-10-3-2-8(15)4-11(10)23-7-19-14(22)20-9-5-12(16)21-13(17)6-9/h2-6H,1,7H2,(H2,19,20,21,22). The van der Waals surface area contributed by atoms with Gasteiger partial charge in [0.05, 0.1) is 11.6 Å². The first-order chi connectivity index (χ1) is 11.0. The number of thioether (sulfide) groups is 1. The lowest BCUT2D eigenvalue weighted by Gasteiger charge is -2.09. The number of halogens is 3. The van der Waals surface area contributed by atoms with Crippen LogP contribution >= 0.6 is 46.6 Å². The molecule has 1 aromatic heterocycles. The predicted molar refractivity (Wildman–Crippen MR) is 97.8 cm³/mol. The normalized spacial score (nSPS) is 10.2. The second-order valence-electron chi connectivity index (χ2n) is 4.19. The Morgan fingerprint density at radius 1 is 1.22 bits per heavy atom. The maximum Gasteiger partial charge on any atom is 0.319 e. The van der Waals surface area contributed by atoms with E-state index in [9.17, 15) is 4.79 Å². The van der Waals surface area contributed by atoms with Gasteiger partial charge in [-0.25, -0.2) is 9.78 Å². The van der Waals surface area contributed by atoms with Crippen molar-refractivity contribution in [2.75, 3.05) is 11.2 Å². The number of amides is 2. The monoisotopic (exact) mass is 388 g/mol. The highest BCUT2D eigenvalue weighted by atomic mass is 35.5. The van der Waals surface area contributed by atoms with Crippen molar-refractivity contribution in [3.05, 3.63) is 45.7 Å². The third-order valence-electron chi connectivity index (χ3n) is 2.57. The maximum atomic E-state index is 11.8. The molecular weight excluding hydrogens is 379 g/mol. The second-order valence-corrected chi connectivity index (χ2v) is 6.42. The van der Waals surface area contributed by atoms with E-state index in [0.29, 0.717) is 22.3 Å². The quantitative estimate of drug-likeness (QED) is 0.318. The Labute approximate surface area is 152 Å². The van der Waals surface area contributed by atoms with Crippen LogP contribution in [0.3, 0.4) is 0 Å². The Kier molecular flexibility index (Phi) is 6.53. The summed E-state index contributed by atoms with van der Waals surface area (Å²) in [4.78, 5) is 20.4. The Bertz CT molecular complexity index is 722. The van der Waals surface area contributed by atoms with E-state index in [0.717, 1.165) is 4.90 Å². The molecule has 120 valence electrons. The minimum absolute atomic E-state index is 0.197. The lowest BCUT2D eigenvalue weighted by atomic mass is 10.3.